The van der Waals surface area contributed by atoms with Crippen molar-refractivity contribution in [2.24, 2.45) is 0 Å². The molecule has 0 saturated heterocycles. The quantitative estimate of drug-likeness (QED) is 0.0261. The average Bonchev–Trinajstić information content (AvgIpc) is 3.49. The zero-order valence-electron chi connectivity index (χ0n) is 54.7. The summed E-state index contributed by atoms with van der Waals surface area (Å²) in [6.45, 7) is 6.50. The van der Waals surface area contributed by atoms with Crippen LogP contribution in [0.2, 0.25) is 0 Å². The Morgan fingerprint density at radius 2 is 0.482 bits per heavy atom. The van der Waals surface area contributed by atoms with E-state index in [4.69, 9.17) is 14.2 Å². The first-order valence-electron chi connectivity index (χ1n) is 35.4. The van der Waals surface area contributed by atoms with Crippen molar-refractivity contribution >= 4 is 17.9 Å². The van der Waals surface area contributed by atoms with Gasteiger partial charge in [-0.1, -0.05) is 310 Å². The van der Waals surface area contributed by atoms with Gasteiger partial charge in [0.25, 0.3) is 0 Å². The standard InChI is InChI=1S/C77H132O6/c1-4-7-10-13-16-19-22-25-28-30-32-34-36-37-38-39-41-42-44-46-49-52-55-58-61-64-67-70-76(79)82-73-74(72-81-75(78)69-66-63-60-57-54-51-48-27-24-21-18-15-12-9-6-3)83-77(80)71-68-65-62-59-56-53-50-47-45-43-40-35-33-31-29-26-23-20-17-14-11-8-5-2/h8,11,17,20,26-27,29-30,32-33,35,43,45,48,50,53,59,62,74H,4-7,9-10,12-16,18-19,21-25,28,31,34,36-42,44,46-47,49,51-52,54-58,60-61,63-73H2,1-3H3/b11-8-,20-17-,29-26-,32-30-,35-33-,45-43-,48-27-,53-50-,62-59-. The highest BCUT2D eigenvalue weighted by Crippen LogP contribution is 2.17. The van der Waals surface area contributed by atoms with E-state index in [0.717, 1.165) is 103 Å². The lowest BCUT2D eigenvalue weighted by Gasteiger charge is -2.18. The van der Waals surface area contributed by atoms with E-state index < -0.39 is 6.10 Å². The van der Waals surface area contributed by atoms with Gasteiger partial charge >= 0.3 is 17.9 Å². The topological polar surface area (TPSA) is 78.9 Å². The van der Waals surface area contributed by atoms with Crippen LogP contribution in [-0.2, 0) is 28.6 Å². The van der Waals surface area contributed by atoms with Crippen molar-refractivity contribution in [3.05, 3.63) is 109 Å². The van der Waals surface area contributed by atoms with Crippen molar-refractivity contribution in [2.45, 2.75) is 348 Å². The number of unbranched alkanes of at least 4 members (excludes halogenated alkanes) is 35. The van der Waals surface area contributed by atoms with E-state index in [9.17, 15) is 14.4 Å². The van der Waals surface area contributed by atoms with Crippen LogP contribution < -0.4 is 0 Å². The van der Waals surface area contributed by atoms with Gasteiger partial charge in [-0.15, -0.1) is 0 Å². The molecule has 0 heterocycles. The predicted octanol–water partition coefficient (Wildman–Crippen LogP) is 24.6. The molecule has 0 aromatic rings. The molecule has 0 aliphatic rings. The molecule has 0 radical (unpaired) electrons. The number of allylic oxidation sites excluding steroid dienone is 18. The van der Waals surface area contributed by atoms with Crippen LogP contribution in [-0.4, -0.2) is 37.2 Å². The second-order valence-electron chi connectivity index (χ2n) is 23.4. The number of esters is 3. The number of carbonyl (C=O) groups is 3. The van der Waals surface area contributed by atoms with Crippen molar-refractivity contribution in [2.75, 3.05) is 13.2 Å². The fourth-order valence-corrected chi connectivity index (χ4v) is 9.95. The molecule has 0 fully saturated rings. The van der Waals surface area contributed by atoms with E-state index in [1.54, 1.807) is 0 Å². The molecular weight excluding hydrogens is 1020 g/mol. The zero-order valence-corrected chi connectivity index (χ0v) is 54.7. The first-order valence-corrected chi connectivity index (χ1v) is 35.4. The van der Waals surface area contributed by atoms with E-state index in [2.05, 4.69) is 130 Å². The SMILES string of the molecule is CC/C=C\C/C=C\C/C=C\C/C=C\C/C=C\C/C=C\C/C=C\CCCC(=O)OC(COC(=O)CCCCCCC/C=C\CCCCCCCC)COC(=O)CCCCCCCCCCCCCCCCC/C=C\CCCCCCCCCC. The molecule has 0 rings (SSSR count). The summed E-state index contributed by atoms with van der Waals surface area (Å²) in [5.41, 5.74) is 0. The molecule has 0 aliphatic carbocycles. The molecule has 0 aliphatic heterocycles. The smallest absolute Gasteiger partial charge is 0.306 e. The Morgan fingerprint density at radius 3 is 0.783 bits per heavy atom. The van der Waals surface area contributed by atoms with Gasteiger partial charge in [-0.05, 0) is 122 Å². The Morgan fingerprint density at radius 1 is 0.253 bits per heavy atom. The molecule has 6 heteroatoms. The van der Waals surface area contributed by atoms with Crippen LogP contribution in [0.1, 0.15) is 342 Å². The van der Waals surface area contributed by atoms with Crippen LogP contribution in [0, 0.1) is 0 Å². The van der Waals surface area contributed by atoms with Crippen LogP contribution in [0.3, 0.4) is 0 Å². The largest absolute Gasteiger partial charge is 0.462 e. The van der Waals surface area contributed by atoms with Crippen LogP contribution in [0.25, 0.3) is 0 Å². The Bertz CT molecular complexity index is 1660. The van der Waals surface area contributed by atoms with Crippen LogP contribution in [0.4, 0.5) is 0 Å². The van der Waals surface area contributed by atoms with Crippen LogP contribution in [0.5, 0.6) is 0 Å². The van der Waals surface area contributed by atoms with Crippen molar-refractivity contribution < 1.29 is 28.6 Å². The molecule has 1 atom stereocenters. The lowest BCUT2D eigenvalue weighted by molar-refractivity contribution is -0.167. The second-order valence-corrected chi connectivity index (χ2v) is 23.4. The molecule has 83 heavy (non-hydrogen) atoms. The number of hydrogen-bond donors (Lipinski definition) is 0. The highest BCUT2D eigenvalue weighted by molar-refractivity contribution is 5.71. The monoisotopic (exact) mass is 1150 g/mol. The van der Waals surface area contributed by atoms with Gasteiger partial charge < -0.3 is 14.2 Å². The molecule has 0 aromatic heterocycles. The van der Waals surface area contributed by atoms with Gasteiger partial charge in [-0.25, -0.2) is 0 Å². The van der Waals surface area contributed by atoms with Crippen molar-refractivity contribution in [1.82, 2.24) is 0 Å². The van der Waals surface area contributed by atoms with E-state index in [1.165, 1.54) is 193 Å². The highest BCUT2D eigenvalue weighted by atomic mass is 16.6. The fraction of sp³-hybridized carbons (Fsp3) is 0.727. The molecule has 0 spiro atoms. The van der Waals surface area contributed by atoms with E-state index in [0.29, 0.717) is 19.3 Å². The number of rotatable bonds is 64. The van der Waals surface area contributed by atoms with Gasteiger partial charge in [-0.2, -0.15) is 0 Å². The Labute approximate surface area is 514 Å². The maximum Gasteiger partial charge on any atom is 0.306 e. The van der Waals surface area contributed by atoms with Crippen molar-refractivity contribution in [3.8, 4) is 0 Å². The molecule has 0 N–H and O–H groups in total. The van der Waals surface area contributed by atoms with Gasteiger partial charge in [0.1, 0.15) is 13.2 Å². The number of hydrogen-bond acceptors (Lipinski definition) is 6. The molecule has 476 valence electrons. The summed E-state index contributed by atoms with van der Waals surface area (Å²) in [7, 11) is 0. The predicted molar refractivity (Wildman–Crippen MR) is 362 cm³/mol. The maximum atomic E-state index is 12.9. The number of ether oxygens (including phenoxy) is 3. The third kappa shape index (κ3) is 68.7. The molecule has 6 nitrogen and oxygen atoms in total. The van der Waals surface area contributed by atoms with E-state index >= 15 is 0 Å². The summed E-state index contributed by atoms with van der Waals surface area (Å²) in [5.74, 6) is -0.959. The summed E-state index contributed by atoms with van der Waals surface area (Å²) >= 11 is 0. The minimum atomic E-state index is -0.815. The maximum absolute atomic E-state index is 12.9. The van der Waals surface area contributed by atoms with Crippen molar-refractivity contribution in [1.29, 1.82) is 0 Å². The Hall–Kier alpha value is -3.93. The molecule has 0 aromatic carbocycles. The normalized spacial score (nSPS) is 12.8. The van der Waals surface area contributed by atoms with Crippen molar-refractivity contribution in [3.63, 3.8) is 0 Å². The van der Waals surface area contributed by atoms with Crippen LogP contribution in [0.15, 0.2) is 109 Å². The van der Waals surface area contributed by atoms with Crippen LogP contribution >= 0.6 is 0 Å². The Kier molecular flexibility index (Phi) is 67.2. The summed E-state index contributed by atoms with van der Waals surface area (Å²) in [6, 6.07) is 0. The molecular formula is C77H132O6. The molecule has 1 unspecified atom stereocenters. The van der Waals surface area contributed by atoms with Gasteiger partial charge in [-0.3, -0.25) is 14.4 Å². The summed E-state index contributed by atoms with van der Waals surface area (Å²) in [5, 5.41) is 0. The molecule has 0 bridgehead atoms. The minimum absolute atomic E-state index is 0.103. The minimum Gasteiger partial charge on any atom is -0.462 e. The number of carbonyl (C=O) groups excluding carboxylic acids is 3. The first kappa shape index (κ1) is 79.1. The fourth-order valence-electron chi connectivity index (χ4n) is 9.95. The summed E-state index contributed by atoms with van der Waals surface area (Å²) in [6.07, 6.45) is 96.9. The lowest BCUT2D eigenvalue weighted by Crippen LogP contribution is -2.30. The molecule has 0 saturated carbocycles. The zero-order chi connectivity index (χ0) is 59.9. The average molecular weight is 1150 g/mol. The summed E-state index contributed by atoms with van der Waals surface area (Å²) in [4.78, 5) is 38.4. The summed E-state index contributed by atoms with van der Waals surface area (Å²) < 4.78 is 16.9. The van der Waals surface area contributed by atoms with Gasteiger partial charge in [0.15, 0.2) is 6.10 Å². The van der Waals surface area contributed by atoms with Gasteiger partial charge in [0, 0.05) is 19.3 Å². The third-order valence-electron chi connectivity index (χ3n) is 15.2. The lowest BCUT2D eigenvalue weighted by atomic mass is 10.0. The van der Waals surface area contributed by atoms with Gasteiger partial charge in [0.05, 0.1) is 0 Å². The first-order chi connectivity index (χ1) is 41.0. The van der Waals surface area contributed by atoms with Gasteiger partial charge in [0.2, 0.25) is 0 Å². The Balaban J connectivity index is 4.39. The molecule has 0 amide bonds. The third-order valence-corrected chi connectivity index (χ3v) is 15.2. The second kappa shape index (κ2) is 70.6. The highest BCUT2D eigenvalue weighted by Gasteiger charge is 2.19. The van der Waals surface area contributed by atoms with E-state index in [1.807, 2.05) is 0 Å². The van der Waals surface area contributed by atoms with E-state index in [-0.39, 0.29) is 37.5 Å².